The highest BCUT2D eigenvalue weighted by Gasteiger charge is 2.18. The van der Waals surface area contributed by atoms with E-state index in [1.165, 1.54) is 23.1 Å². The number of aromatic nitrogens is 1. The second-order valence-corrected chi connectivity index (χ2v) is 7.43. The van der Waals surface area contributed by atoms with Crippen LogP contribution in [0.4, 0.5) is 5.13 Å². The Labute approximate surface area is 154 Å². The normalized spacial score (nSPS) is 11.5. The van der Waals surface area contributed by atoms with Gasteiger partial charge in [-0.1, -0.05) is 25.2 Å². The fourth-order valence-electron chi connectivity index (χ4n) is 1.46. The number of halogens is 1. The van der Waals surface area contributed by atoms with Gasteiger partial charge in [-0.05, 0) is 12.8 Å². The molecule has 0 aliphatic rings. The number of primary amides is 1. The van der Waals surface area contributed by atoms with Gasteiger partial charge < -0.3 is 22.1 Å². The number of anilines is 1. The third kappa shape index (κ3) is 7.47. The predicted molar refractivity (Wildman–Crippen MR) is 98.5 cm³/mol. The first kappa shape index (κ1) is 22.6. The number of hydrogen-bond donors (Lipinski definition) is 4. The Morgan fingerprint density at radius 1 is 1.33 bits per heavy atom. The van der Waals surface area contributed by atoms with Crippen LogP contribution in [0, 0.1) is 12.8 Å². The maximum Gasteiger partial charge on any atom is 0.245 e. The van der Waals surface area contributed by atoms with E-state index < -0.39 is 17.9 Å². The SMILES string of the molecule is Cc1nc(NC(=O)CNC(=O)[C@@H](N)C(C)C)sc1SCC(N)=O.Cl. The van der Waals surface area contributed by atoms with Gasteiger partial charge in [0.15, 0.2) is 5.13 Å². The summed E-state index contributed by atoms with van der Waals surface area (Å²) in [5.74, 6) is -1.04. The van der Waals surface area contributed by atoms with E-state index in [0.717, 1.165) is 4.21 Å². The van der Waals surface area contributed by atoms with E-state index in [4.69, 9.17) is 11.5 Å². The fourth-order valence-corrected chi connectivity index (χ4v) is 3.35. The molecule has 136 valence electrons. The summed E-state index contributed by atoms with van der Waals surface area (Å²) in [6.07, 6.45) is 0. The van der Waals surface area contributed by atoms with Crippen molar-refractivity contribution < 1.29 is 14.4 Å². The van der Waals surface area contributed by atoms with Gasteiger partial charge in [0, 0.05) is 0 Å². The van der Waals surface area contributed by atoms with Crippen LogP contribution in [0.1, 0.15) is 19.5 Å². The molecule has 8 nitrogen and oxygen atoms in total. The highest BCUT2D eigenvalue weighted by atomic mass is 35.5. The second-order valence-electron chi connectivity index (χ2n) is 5.18. The van der Waals surface area contributed by atoms with Crippen LogP contribution < -0.4 is 22.1 Å². The summed E-state index contributed by atoms with van der Waals surface area (Å²) in [6.45, 7) is 5.25. The molecule has 0 bridgehead atoms. The van der Waals surface area contributed by atoms with Crippen LogP contribution in [0.25, 0.3) is 0 Å². The van der Waals surface area contributed by atoms with Crippen molar-refractivity contribution in [1.29, 1.82) is 0 Å². The molecule has 0 saturated carbocycles. The molecular formula is C13H22ClN5O3S2. The first-order valence-corrected chi connectivity index (χ1v) is 8.72. The zero-order valence-corrected chi connectivity index (χ0v) is 16.1. The first-order chi connectivity index (χ1) is 10.7. The second kappa shape index (κ2) is 10.5. The maximum absolute atomic E-state index is 11.8. The van der Waals surface area contributed by atoms with Crippen molar-refractivity contribution in [2.45, 2.75) is 31.0 Å². The van der Waals surface area contributed by atoms with E-state index in [0.29, 0.717) is 10.8 Å². The number of rotatable bonds is 8. The molecule has 0 aliphatic heterocycles. The van der Waals surface area contributed by atoms with Gasteiger partial charge in [-0.15, -0.1) is 24.2 Å². The van der Waals surface area contributed by atoms with E-state index in [1.807, 2.05) is 13.8 Å². The summed E-state index contributed by atoms with van der Waals surface area (Å²) in [5, 5.41) is 5.48. The molecule has 1 aromatic heterocycles. The number of thiazole rings is 1. The third-order valence-electron chi connectivity index (χ3n) is 2.79. The average molecular weight is 396 g/mol. The Balaban J connectivity index is 0.00000529. The molecule has 1 rings (SSSR count). The van der Waals surface area contributed by atoms with Crippen molar-refractivity contribution in [3.05, 3.63) is 5.69 Å². The number of hydrogen-bond acceptors (Lipinski definition) is 7. The van der Waals surface area contributed by atoms with E-state index in [2.05, 4.69) is 15.6 Å². The summed E-state index contributed by atoms with van der Waals surface area (Å²) in [7, 11) is 0. The molecule has 1 atom stereocenters. The molecule has 0 aliphatic carbocycles. The summed E-state index contributed by atoms with van der Waals surface area (Å²) in [5.41, 5.74) is 11.5. The van der Waals surface area contributed by atoms with Gasteiger partial charge in [-0.3, -0.25) is 14.4 Å². The monoisotopic (exact) mass is 395 g/mol. The van der Waals surface area contributed by atoms with Gasteiger partial charge in [0.2, 0.25) is 17.7 Å². The smallest absolute Gasteiger partial charge is 0.245 e. The molecule has 1 aromatic rings. The largest absolute Gasteiger partial charge is 0.369 e. The van der Waals surface area contributed by atoms with Crippen LogP contribution in [0.15, 0.2) is 4.21 Å². The van der Waals surface area contributed by atoms with Gasteiger partial charge in [-0.25, -0.2) is 4.98 Å². The highest BCUT2D eigenvalue weighted by Crippen LogP contribution is 2.31. The molecule has 0 fully saturated rings. The Bertz CT molecular complexity index is 594. The molecule has 3 amide bonds. The van der Waals surface area contributed by atoms with Crippen LogP contribution in [0.2, 0.25) is 0 Å². The number of aryl methyl sites for hydroxylation is 1. The Hall–Kier alpha value is -1.36. The topological polar surface area (TPSA) is 140 Å². The minimum Gasteiger partial charge on any atom is -0.369 e. The van der Waals surface area contributed by atoms with E-state index in [1.54, 1.807) is 6.92 Å². The molecule has 24 heavy (non-hydrogen) atoms. The number of nitrogens with one attached hydrogen (secondary N) is 2. The number of amides is 3. The van der Waals surface area contributed by atoms with Gasteiger partial charge in [0.05, 0.1) is 28.2 Å². The lowest BCUT2D eigenvalue weighted by Gasteiger charge is -2.14. The van der Waals surface area contributed by atoms with Gasteiger partial charge in [0.1, 0.15) is 0 Å². The highest BCUT2D eigenvalue weighted by molar-refractivity contribution is 8.01. The maximum atomic E-state index is 11.8. The van der Waals surface area contributed by atoms with Crippen LogP contribution in [0.3, 0.4) is 0 Å². The minimum atomic E-state index is -0.651. The number of nitrogens with two attached hydrogens (primary N) is 2. The first-order valence-electron chi connectivity index (χ1n) is 6.92. The Morgan fingerprint density at radius 3 is 2.50 bits per heavy atom. The van der Waals surface area contributed by atoms with E-state index in [9.17, 15) is 14.4 Å². The molecule has 0 unspecified atom stereocenters. The van der Waals surface area contributed by atoms with Crippen molar-refractivity contribution in [2.75, 3.05) is 17.6 Å². The van der Waals surface area contributed by atoms with Crippen molar-refractivity contribution in [3.8, 4) is 0 Å². The van der Waals surface area contributed by atoms with Crippen molar-refractivity contribution in [2.24, 2.45) is 17.4 Å². The van der Waals surface area contributed by atoms with Crippen LogP contribution in [0.5, 0.6) is 0 Å². The summed E-state index contributed by atoms with van der Waals surface area (Å²) < 4.78 is 0.810. The predicted octanol–water partition coefficient (Wildman–Crippen LogP) is 0.489. The number of carbonyl (C=O) groups is 3. The van der Waals surface area contributed by atoms with Crippen molar-refractivity contribution in [3.63, 3.8) is 0 Å². The Kier molecular flexibility index (Phi) is 9.90. The third-order valence-corrected chi connectivity index (χ3v) is 5.25. The zero-order chi connectivity index (χ0) is 17.6. The van der Waals surface area contributed by atoms with Crippen molar-refractivity contribution >= 4 is 58.4 Å². The lowest BCUT2D eigenvalue weighted by Crippen LogP contribution is -2.46. The minimum absolute atomic E-state index is 0. The summed E-state index contributed by atoms with van der Waals surface area (Å²) in [6, 6.07) is -0.651. The molecule has 0 aromatic carbocycles. The van der Waals surface area contributed by atoms with Crippen LogP contribution >= 0.6 is 35.5 Å². The number of thioether (sulfide) groups is 1. The fraction of sp³-hybridized carbons (Fsp3) is 0.538. The average Bonchev–Trinajstić information content (AvgIpc) is 2.81. The standard InChI is InChI=1S/C13H21N5O3S2.ClH/c1-6(2)10(15)11(21)16-4-9(20)18-13-17-7(3)12(23-13)22-5-8(14)19;/h6,10H,4-5,15H2,1-3H3,(H2,14,19)(H,16,21)(H,17,18,20);1H/t10-;/m0./s1. The van der Waals surface area contributed by atoms with Crippen LogP contribution in [-0.4, -0.2) is 41.0 Å². The molecule has 11 heteroatoms. The molecular weight excluding hydrogens is 374 g/mol. The Morgan fingerprint density at radius 2 is 1.96 bits per heavy atom. The van der Waals surface area contributed by atoms with Gasteiger partial charge in [-0.2, -0.15) is 0 Å². The van der Waals surface area contributed by atoms with Crippen molar-refractivity contribution in [1.82, 2.24) is 10.3 Å². The number of carbonyl (C=O) groups excluding carboxylic acids is 3. The molecule has 0 spiro atoms. The summed E-state index contributed by atoms with van der Waals surface area (Å²) in [4.78, 5) is 38.5. The lowest BCUT2D eigenvalue weighted by atomic mass is 10.1. The van der Waals surface area contributed by atoms with E-state index in [-0.39, 0.29) is 36.5 Å². The van der Waals surface area contributed by atoms with Gasteiger partial charge in [0.25, 0.3) is 0 Å². The zero-order valence-electron chi connectivity index (χ0n) is 13.6. The van der Waals surface area contributed by atoms with Crippen LogP contribution in [-0.2, 0) is 14.4 Å². The summed E-state index contributed by atoms with van der Waals surface area (Å²) >= 11 is 2.52. The number of nitrogens with zero attached hydrogens (tertiary/aromatic N) is 1. The molecule has 0 radical (unpaired) electrons. The molecule has 6 N–H and O–H groups in total. The molecule has 0 saturated heterocycles. The van der Waals surface area contributed by atoms with Gasteiger partial charge >= 0.3 is 0 Å². The van der Waals surface area contributed by atoms with E-state index >= 15 is 0 Å². The lowest BCUT2D eigenvalue weighted by molar-refractivity contribution is -0.125. The molecule has 1 heterocycles. The quantitative estimate of drug-likeness (QED) is 0.472.